The van der Waals surface area contributed by atoms with Crippen molar-refractivity contribution in [2.24, 2.45) is 5.73 Å². The van der Waals surface area contributed by atoms with Crippen LogP contribution in [0.15, 0.2) is 55.4 Å². The molecule has 1 saturated carbocycles. The molecule has 0 unspecified atom stereocenters. The van der Waals surface area contributed by atoms with E-state index in [9.17, 15) is 14.4 Å². The van der Waals surface area contributed by atoms with Crippen molar-refractivity contribution in [1.29, 1.82) is 0 Å². The summed E-state index contributed by atoms with van der Waals surface area (Å²) in [5, 5.41) is 2.88. The first-order valence-corrected chi connectivity index (χ1v) is 12.9. The number of pyridine rings is 1. The molecular formula is C28H34N6O3. The minimum absolute atomic E-state index is 0.0364. The molecule has 1 aromatic carbocycles. The number of fused-ring (bicyclic) bond motifs is 1. The predicted octanol–water partition coefficient (Wildman–Crippen LogP) is 4.30. The Kier molecular flexibility index (Phi) is 8.66. The number of anilines is 1. The first-order valence-electron chi connectivity index (χ1n) is 12.9. The second-order valence-electron chi connectivity index (χ2n) is 9.45. The number of unbranched alkanes of at least 4 members (excludes halogenated alkanes) is 1. The van der Waals surface area contributed by atoms with Gasteiger partial charge >= 0.3 is 0 Å². The third-order valence-electron chi connectivity index (χ3n) is 6.80. The Bertz CT molecular complexity index is 1260. The molecule has 1 aliphatic carbocycles. The molecule has 3 aromatic rings. The van der Waals surface area contributed by atoms with Crippen LogP contribution in [-0.4, -0.2) is 49.7 Å². The van der Waals surface area contributed by atoms with Crippen molar-refractivity contribution in [1.82, 2.24) is 19.4 Å². The lowest BCUT2D eigenvalue weighted by molar-refractivity contribution is -0.118. The lowest BCUT2D eigenvalue weighted by atomic mass is 9.93. The summed E-state index contributed by atoms with van der Waals surface area (Å²) >= 11 is 0. The summed E-state index contributed by atoms with van der Waals surface area (Å²) in [4.78, 5) is 48.1. The van der Waals surface area contributed by atoms with Crippen LogP contribution in [0.25, 0.3) is 11.0 Å². The highest BCUT2D eigenvalue weighted by Gasteiger charge is 2.26. The Hall–Kier alpha value is -4.01. The number of carbonyl (C=O) groups is 3. The number of aromatic nitrogens is 3. The number of carbonyl (C=O) groups excluding carboxylic acids is 3. The summed E-state index contributed by atoms with van der Waals surface area (Å²) in [6.45, 7) is 4.89. The minimum atomic E-state index is -0.342. The van der Waals surface area contributed by atoms with Gasteiger partial charge in [0, 0.05) is 43.5 Å². The van der Waals surface area contributed by atoms with E-state index in [0.29, 0.717) is 54.9 Å². The lowest BCUT2D eigenvalue weighted by Crippen LogP contribution is -2.41. The van der Waals surface area contributed by atoms with Gasteiger partial charge in [0.25, 0.3) is 11.8 Å². The van der Waals surface area contributed by atoms with Crippen LogP contribution in [0.4, 0.5) is 5.95 Å². The van der Waals surface area contributed by atoms with Crippen molar-refractivity contribution in [3.63, 3.8) is 0 Å². The summed E-state index contributed by atoms with van der Waals surface area (Å²) < 4.78 is 1.90. The Labute approximate surface area is 216 Å². The van der Waals surface area contributed by atoms with Gasteiger partial charge in [-0.1, -0.05) is 25.3 Å². The number of hydrogen-bond donors (Lipinski definition) is 2. The summed E-state index contributed by atoms with van der Waals surface area (Å²) in [5.41, 5.74) is 7.67. The number of hydrogen-bond acceptors (Lipinski definition) is 5. The lowest BCUT2D eigenvalue weighted by Gasteiger charge is -2.33. The van der Waals surface area contributed by atoms with E-state index in [4.69, 9.17) is 5.73 Å². The highest BCUT2D eigenvalue weighted by molar-refractivity contribution is 6.04. The van der Waals surface area contributed by atoms with Crippen LogP contribution in [0.2, 0.25) is 0 Å². The van der Waals surface area contributed by atoms with Crippen molar-refractivity contribution in [2.45, 2.75) is 64.0 Å². The monoisotopic (exact) mass is 502 g/mol. The summed E-state index contributed by atoms with van der Waals surface area (Å²) in [7, 11) is 0. The fraction of sp³-hybridized carbons (Fsp3) is 0.393. The molecule has 0 aliphatic heterocycles. The molecule has 2 aromatic heterocycles. The number of aryl methyl sites for hydroxylation is 1. The Morgan fingerprint density at radius 2 is 1.95 bits per heavy atom. The Balaban J connectivity index is 1.63. The maximum Gasteiger partial charge on any atom is 0.259 e. The van der Waals surface area contributed by atoms with Crippen molar-refractivity contribution in [3.8, 4) is 0 Å². The van der Waals surface area contributed by atoms with E-state index in [1.807, 2.05) is 21.6 Å². The second-order valence-corrected chi connectivity index (χ2v) is 9.45. The number of benzene rings is 1. The van der Waals surface area contributed by atoms with Crippen molar-refractivity contribution in [3.05, 3.63) is 66.5 Å². The van der Waals surface area contributed by atoms with E-state index in [1.165, 1.54) is 12.6 Å². The summed E-state index contributed by atoms with van der Waals surface area (Å²) in [6.07, 6.45) is 12.0. The Morgan fingerprint density at radius 3 is 2.65 bits per heavy atom. The largest absolute Gasteiger partial charge is 0.370 e. The maximum atomic E-state index is 13.5. The van der Waals surface area contributed by atoms with Crippen LogP contribution in [0.3, 0.4) is 0 Å². The molecular weight excluding hydrogens is 468 g/mol. The molecule has 4 rings (SSSR count). The normalized spacial score (nSPS) is 13.8. The number of rotatable bonds is 11. The zero-order valence-electron chi connectivity index (χ0n) is 21.1. The first-order chi connectivity index (χ1) is 18.0. The van der Waals surface area contributed by atoms with E-state index in [1.54, 1.807) is 30.5 Å². The second kappa shape index (κ2) is 12.3. The molecule has 194 valence electrons. The molecule has 0 bridgehead atoms. The number of nitrogens with two attached hydrogens (primary N) is 1. The number of amides is 3. The average Bonchev–Trinajstić information content (AvgIpc) is 3.26. The fourth-order valence-corrected chi connectivity index (χ4v) is 4.92. The molecule has 0 spiro atoms. The van der Waals surface area contributed by atoms with Crippen molar-refractivity contribution in [2.75, 3.05) is 11.9 Å². The molecule has 1 fully saturated rings. The van der Waals surface area contributed by atoms with Gasteiger partial charge in [0.15, 0.2) is 0 Å². The molecule has 3 amide bonds. The molecule has 0 radical (unpaired) electrons. The fourth-order valence-electron chi connectivity index (χ4n) is 4.92. The first kappa shape index (κ1) is 26.1. The standard InChI is InChI=1S/C28H34N6O3/c1-2-16-33(22-10-4-3-5-11-22)27(37)20-13-14-24-23(18-20)31-28(34(24)17-7-6-12-25(29)35)32-26(36)21-9-8-15-30-19-21/h2,8-9,13-15,18-19,22H,1,3-7,10-12,16-17H2,(H2,29,35)(H,31,32,36). The number of nitrogens with zero attached hydrogens (tertiary/aromatic N) is 4. The molecule has 3 N–H and O–H groups in total. The number of nitrogens with one attached hydrogen (secondary N) is 1. The predicted molar refractivity (Wildman–Crippen MR) is 143 cm³/mol. The van der Waals surface area contributed by atoms with Crippen LogP contribution < -0.4 is 11.1 Å². The van der Waals surface area contributed by atoms with Gasteiger partial charge in [-0.15, -0.1) is 6.58 Å². The Morgan fingerprint density at radius 1 is 1.14 bits per heavy atom. The van der Waals surface area contributed by atoms with Gasteiger partial charge in [-0.3, -0.25) is 24.7 Å². The molecule has 9 nitrogen and oxygen atoms in total. The zero-order chi connectivity index (χ0) is 26.2. The van der Waals surface area contributed by atoms with Gasteiger partial charge in [0.2, 0.25) is 11.9 Å². The van der Waals surface area contributed by atoms with Gasteiger partial charge in [-0.2, -0.15) is 0 Å². The van der Waals surface area contributed by atoms with Crippen LogP contribution in [-0.2, 0) is 11.3 Å². The van der Waals surface area contributed by atoms with Gasteiger partial charge in [-0.25, -0.2) is 4.98 Å². The quantitative estimate of drug-likeness (QED) is 0.299. The van der Waals surface area contributed by atoms with E-state index >= 15 is 0 Å². The maximum absolute atomic E-state index is 13.5. The van der Waals surface area contributed by atoms with Crippen LogP contribution in [0.5, 0.6) is 0 Å². The van der Waals surface area contributed by atoms with Crippen LogP contribution in [0.1, 0.15) is 72.1 Å². The van der Waals surface area contributed by atoms with E-state index in [0.717, 1.165) is 31.2 Å². The molecule has 0 atom stereocenters. The molecule has 1 aliphatic rings. The van der Waals surface area contributed by atoms with Gasteiger partial charge in [0.1, 0.15) is 0 Å². The van der Waals surface area contributed by atoms with Crippen molar-refractivity contribution < 1.29 is 14.4 Å². The number of primary amides is 1. The van der Waals surface area contributed by atoms with E-state index < -0.39 is 0 Å². The molecule has 37 heavy (non-hydrogen) atoms. The smallest absolute Gasteiger partial charge is 0.259 e. The summed E-state index contributed by atoms with van der Waals surface area (Å²) in [6, 6.07) is 9.07. The third kappa shape index (κ3) is 6.41. The summed E-state index contributed by atoms with van der Waals surface area (Å²) in [5.74, 6) is -0.327. The molecule has 9 heteroatoms. The van der Waals surface area contributed by atoms with Gasteiger partial charge in [-0.05, 0) is 56.0 Å². The van der Waals surface area contributed by atoms with Crippen LogP contribution in [0, 0.1) is 0 Å². The minimum Gasteiger partial charge on any atom is -0.370 e. The highest BCUT2D eigenvalue weighted by atomic mass is 16.2. The SMILES string of the molecule is C=CCN(C(=O)c1ccc2c(c1)nc(NC(=O)c1cccnc1)n2CCCCC(N)=O)C1CCCCC1. The van der Waals surface area contributed by atoms with E-state index in [-0.39, 0.29) is 23.8 Å². The molecule has 2 heterocycles. The zero-order valence-corrected chi connectivity index (χ0v) is 21.1. The number of imidazole rings is 1. The van der Waals surface area contributed by atoms with Gasteiger partial charge < -0.3 is 15.2 Å². The van der Waals surface area contributed by atoms with Gasteiger partial charge in [0.05, 0.1) is 16.6 Å². The molecule has 0 saturated heterocycles. The average molecular weight is 503 g/mol. The van der Waals surface area contributed by atoms with Crippen LogP contribution >= 0.6 is 0 Å². The van der Waals surface area contributed by atoms with Crippen molar-refractivity contribution >= 4 is 34.7 Å². The topological polar surface area (TPSA) is 123 Å². The van der Waals surface area contributed by atoms with E-state index in [2.05, 4.69) is 21.9 Å². The highest BCUT2D eigenvalue weighted by Crippen LogP contribution is 2.27. The third-order valence-corrected chi connectivity index (χ3v) is 6.80.